The summed E-state index contributed by atoms with van der Waals surface area (Å²) in [5.74, 6) is 0. The van der Waals surface area contributed by atoms with Gasteiger partial charge in [0.2, 0.25) is 10.0 Å². The third-order valence-electron chi connectivity index (χ3n) is 3.66. The molecule has 0 aromatic carbocycles. The molecule has 1 saturated heterocycles. The van der Waals surface area contributed by atoms with Crippen LogP contribution in [-0.2, 0) is 16.6 Å². The van der Waals surface area contributed by atoms with Crippen LogP contribution in [0.15, 0.2) is 14.7 Å². The zero-order chi connectivity index (χ0) is 14.9. The largest absolute Gasteiger partial charge is 0.326 e. The van der Waals surface area contributed by atoms with Gasteiger partial charge in [0.1, 0.15) is 4.90 Å². The van der Waals surface area contributed by atoms with Crippen LogP contribution in [0.25, 0.3) is 0 Å². The van der Waals surface area contributed by atoms with E-state index in [-0.39, 0.29) is 6.04 Å². The highest BCUT2D eigenvalue weighted by Crippen LogP contribution is 2.34. The van der Waals surface area contributed by atoms with Crippen molar-refractivity contribution < 1.29 is 8.42 Å². The molecule has 114 valence electrons. The fraction of sp³-hybridized carbons (Fsp3) is 0.667. The number of likely N-dealkylation sites (N-methyl/N-ethyl adjacent to an activating group) is 1. The van der Waals surface area contributed by atoms with Crippen LogP contribution in [0, 0.1) is 0 Å². The number of sulfonamides is 1. The van der Waals surface area contributed by atoms with Crippen LogP contribution >= 0.6 is 27.3 Å². The molecule has 0 bridgehead atoms. The highest BCUT2D eigenvalue weighted by Gasteiger charge is 2.33. The van der Waals surface area contributed by atoms with Crippen molar-refractivity contribution >= 4 is 37.3 Å². The second-order valence-corrected chi connectivity index (χ2v) is 9.26. The van der Waals surface area contributed by atoms with Crippen LogP contribution < -0.4 is 5.73 Å². The molecule has 2 heterocycles. The topological polar surface area (TPSA) is 66.6 Å². The number of hydrogen-bond donors (Lipinski definition) is 1. The van der Waals surface area contributed by atoms with E-state index in [1.165, 1.54) is 11.3 Å². The second-order valence-electron chi connectivity index (χ2n) is 4.90. The lowest BCUT2D eigenvalue weighted by Gasteiger charge is -2.38. The Labute approximate surface area is 132 Å². The smallest absolute Gasteiger partial charge is 0.245 e. The van der Waals surface area contributed by atoms with Crippen molar-refractivity contribution in [2.75, 3.05) is 26.2 Å². The molecule has 5 nitrogen and oxygen atoms in total. The summed E-state index contributed by atoms with van der Waals surface area (Å²) in [6, 6.07) is 1.93. The van der Waals surface area contributed by atoms with Crippen molar-refractivity contribution in [3.63, 3.8) is 0 Å². The Kier molecular flexibility index (Phi) is 5.25. The molecular weight excluding hydrogens is 362 g/mol. The molecule has 8 heteroatoms. The number of halogens is 1. The third kappa shape index (κ3) is 3.10. The molecule has 0 aliphatic carbocycles. The van der Waals surface area contributed by atoms with Crippen LogP contribution in [0.4, 0.5) is 0 Å². The molecule has 1 fully saturated rings. The van der Waals surface area contributed by atoms with Crippen molar-refractivity contribution in [2.24, 2.45) is 5.73 Å². The summed E-state index contributed by atoms with van der Waals surface area (Å²) in [5.41, 5.74) is 5.59. The summed E-state index contributed by atoms with van der Waals surface area (Å²) in [7, 11) is -3.43. The molecule has 1 unspecified atom stereocenters. The fourth-order valence-corrected chi connectivity index (χ4v) is 6.49. The molecule has 1 atom stereocenters. The highest BCUT2D eigenvalue weighted by molar-refractivity contribution is 9.11. The maximum absolute atomic E-state index is 12.7. The predicted octanol–water partition coefficient (Wildman–Crippen LogP) is 1.68. The third-order valence-corrected chi connectivity index (χ3v) is 7.80. The average Bonchev–Trinajstić information content (AvgIpc) is 2.80. The molecule has 0 saturated carbocycles. The van der Waals surface area contributed by atoms with Crippen LogP contribution in [0.1, 0.15) is 18.7 Å². The first-order chi connectivity index (χ1) is 9.40. The Balaban J connectivity index is 2.25. The second kappa shape index (κ2) is 6.41. The van der Waals surface area contributed by atoms with Gasteiger partial charge in [0.05, 0.1) is 3.79 Å². The summed E-state index contributed by atoms with van der Waals surface area (Å²) in [4.78, 5) is 3.51. The van der Waals surface area contributed by atoms with E-state index in [9.17, 15) is 8.42 Å². The maximum atomic E-state index is 12.7. The molecule has 2 rings (SSSR count). The molecule has 20 heavy (non-hydrogen) atoms. The Morgan fingerprint density at radius 1 is 1.50 bits per heavy atom. The molecule has 0 radical (unpaired) electrons. The van der Waals surface area contributed by atoms with E-state index < -0.39 is 10.0 Å². The van der Waals surface area contributed by atoms with E-state index in [0.29, 0.717) is 28.3 Å². The van der Waals surface area contributed by atoms with Crippen molar-refractivity contribution in [3.05, 3.63) is 14.7 Å². The van der Waals surface area contributed by atoms with Crippen LogP contribution in [0.2, 0.25) is 0 Å². The molecule has 1 aromatic rings. The summed E-state index contributed by atoms with van der Waals surface area (Å²) < 4.78 is 27.7. The normalized spacial score (nSPS) is 22.3. The summed E-state index contributed by atoms with van der Waals surface area (Å²) in [5, 5.41) is 0. The Morgan fingerprint density at radius 3 is 2.70 bits per heavy atom. The van der Waals surface area contributed by atoms with Gasteiger partial charge in [-0.3, -0.25) is 4.90 Å². The lowest BCUT2D eigenvalue weighted by Crippen LogP contribution is -2.53. The Bertz CT molecular complexity index is 573. The van der Waals surface area contributed by atoms with Crippen molar-refractivity contribution in [1.29, 1.82) is 0 Å². The molecular formula is C12H20BrN3O2S2. The monoisotopic (exact) mass is 381 g/mol. The highest BCUT2D eigenvalue weighted by atomic mass is 79.9. The van der Waals surface area contributed by atoms with E-state index in [2.05, 4.69) is 34.7 Å². The zero-order valence-electron chi connectivity index (χ0n) is 11.7. The number of piperazine rings is 1. The van der Waals surface area contributed by atoms with E-state index in [0.717, 1.165) is 18.0 Å². The maximum Gasteiger partial charge on any atom is 0.245 e. The number of nitrogens with two attached hydrogens (primary N) is 1. The molecule has 1 aliphatic heterocycles. The quantitative estimate of drug-likeness (QED) is 0.861. The SMILES string of the molecule is CCN1CCN(S(=O)(=O)c2cc(CN)sc2Br)CC1C. The minimum atomic E-state index is -3.43. The van der Waals surface area contributed by atoms with Crippen molar-refractivity contribution in [1.82, 2.24) is 9.21 Å². The molecule has 0 spiro atoms. The van der Waals surface area contributed by atoms with Gasteiger partial charge < -0.3 is 5.73 Å². The van der Waals surface area contributed by atoms with E-state index in [1.807, 2.05) is 0 Å². The molecule has 0 amide bonds. The zero-order valence-corrected chi connectivity index (χ0v) is 14.9. The van der Waals surface area contributed by atoms with Gasteiger partial charge in [-0.25, -0.2) is 8.42 Å². The lowest BCUT2D eigenvalue weighted by molar-refractivity contribution is 0.135. The van der Waals surface area contributed by atoms with E-state index >= 15 is 0 Å². The first kappa shape index (κ1) is 16.4. The molecule has 1 aromatic heterocycles. The molecule has 1 aliphatic rings. The van der Waals surface area contributed by atoms with E-state index in [1.54, 1.807) is 10.4 Å². The lowest BCUT2D eigenvalue weighted by atomic mass is 10.2. The first-order valence-corrected chi connectivity index (χ1v) is 9.67. The number of nitrogens with zero attached hydrogens (tertiary/aromatic N) is 2. The van der Waals surface area contributed by atoms with Gasteiger partial charge >= 0.3 is 0 Å². The van der Waals surface area contributed by atoms with Gasteiger partial charge in [-0.05, 0) is 35.5 Å². The number of thiophene rings is 1. The molecule has 2 N–H and O–H groups in total. The van der Waals surface area contributed by atoms with Gasteiger partial charge in [-0.15, -0.1) is 11.3 Å². The average molecular weight is 382 g/mol. The first-order valence-electron chi connectivity index (χ1n) is 6.62. The van der Waals surface area contributed by atoms with Crippen LogP contribution in [-0.4, -0.2) is 49.8 Å². The number of rotatable bonds is 4. The summed E-state index contributed by atoms with van der Waals surface area (Å²) in [6.07, 6.45) is 0. The Hall–Kier alpha value is 0.01000. The fourth-order valence-electron chi connectivity index (χ4n) is 2.46. The minimum absolute atomic E-state index is 0.245. The van der Waals surface area contributed by atoms with Crippen LogP contribution in [0.5, 0.6) is 0 Å². The summed E-state index contributed by atoms with van der Waals surface area (Å²) >= 11 is 4.73. The van der Waals surface area contributed by atoms with Crippen LogP contribution in [0.3, 0.4) is 0 Å². The van der Waals surface area contributed by atoms with E-state index in [4.69, 9.17) is 5.73 Å². The minimum Gasteiger partial charge on any atom is -0.326 e. The van der Waals surface area contributed by atoms with Gasteiger partial charge in [0.15, 0.2) is 0 Å². The van der Waals surface area contributed by atoms with Gasteiger partial charge in [-0.1, -0.05) is 6.92 Å². The summed E-state index contributed by atoms with van der Waals surface area (Å²) in [6.45, 7) is 7.34. The van der Waals surface area contributed by atoms with Crippen molar-refractivity contribution in [3.8, 4) is 0 Å². The van der Waals surface area contributed by atoms with Gasteiger partial charge in [-0.2, -0.15) is 4.31 Å². The number of hydrogen-bond acceptors (Lipinski definition) is 5. The Morgan fingerprint density at radius 2 is 2.20 bits per heavy atom. The van der Waals surface area contributed by atoms with Crippen molar-refractivity contribution in [2.45, 2.75) is 31.3 Å². The predicted molar refractivity (Wildman–Crippen MR) is 85.4 cm³/mol. The standard InChI is InChI=1S/C12H20BrN3O2S2/c1-3-15-4-5-16(8-9(15)2)20(17,18)11-6-10(7-14)19-12(11)13/h6,9H,3-5,7-8,14H2,1-2H3. The van der Waals surface area contributed by atoms with Gasteiger partial charge in [0.25, 0.3) is 0 Å². The van der Waals surface area contributed by atoms with Gasteiger partial charge in [0, 0.05) is 37.1 Å².